The van der Waals surface area contributed by atoms with Gasteiger partial charge in [0.1, 0.15) is 0 Å². The van der Waals surface area contributed by atoms with Crippen molar-refractivity contribution in [3.8, 4) is 11.1 Å². The van der Waals surface area contributed by atoms with Crippen LogP contribution < -0.4 is 0 Å². The van der Waals surface area contributed by atoms with E-state index in [9.17, 15) is 0 Å². The van der Waals surface area contributed by atoms with Gasteiger partial charge in [-0.05, 0) is 38.8 Å². The van der Waals surface area contributed by atoms with Crippen LogP contribution in [0.25, 0.3) is 16.8 Å². The molecule has 0 unspecified atom stereocenters. The van der Waals surface area contributed by atoms with E-state index in [0.717, 1.165) is 49.3 Å². The first-order chi connectivity index (χ1) is 13.1. The fourth-order valence-corrected chi connectivity index (χ4v) is 4.06. The maximum atomic E-state index is 5.89. The number of benzene rings is 1. The van der Waals surface area contributed by atoms with Crippen LogP contribution in [0.1, 0.15) is 39.2 Å². The molecule has 27 heavy (non-hydrogen) atoms. The third kappa shape index (κ3) is 3.89. The second-order valence-corrected chi connectivity index (χ2v) is 7.97. The van der Waals surface area contributed by atoms with Crippen molar-refractivity contribution in [3.05, 3.63) is 54.5 Å². The molecule has 0 amide bonds. The Labute approximate surface area is 161 Å². The Balaban J connectivity index is 1.55. The fourth-order valence-electron chi connectivity index (χ4n) is 4.06. The van der Waals surface area contributed by atoms with Crippen molar-refractivity contribution in [1.82, 2.24) is 19.5 Å². The monoisotopic (exact) mass is 364 g/mol. The summed E-state index contributed by atoms with van der Waals surface area (Å²) in [5.74, 6) is 0. The van der Waals surface area contributed by atoms with E-state index in [1.165, 1.54) is 5.56 Å². The van der Waals surface area contributed by atoms with Gasteiger partial charge in [-0.25, -0.2) is 9.50 Å². The lowest BCUT2D eigenvalue weighted by Gasteiger charge is -2.41. The number of nitrogens with zero attached hydrogens (tertiary/aromatic N) is 4. The molecule has 1 saturated heterocycles. The fraction of sp³-hybridized carbons (Fsp3) is 0.455. The summed E-state index contributed by atoms with van der Waals surface area (Å²) in [6, 6.07) is 10.9. The molecule has 142 valence electrons. The predicted molar refractivity (Wildman–Crippen MR) is 108 cm³/mol. The van der Waals surface area contributed by atoms with E-state index in [1.54, 1.807) is 0 Å². The van der Waals surface area contributed by atoms with Gasteiger partial charge in [-0.3, -0.25) is 4.90 Å². The summed E-state index contributed by atoms with van der Waals surface area (Å²) in [5, 5.41) is 4.54. The Morgan fingerprint density at radius 1 is 1.22 bits per heavy atom. The van der Waals surface area contributed by atoms with Crippen LogP contribution in [-0.4, -0.2) is 44.3 Å². The van der Waals surface area contributed by atoms with E-state index in [-0.39, 0.29) is 5.60 Å². The zero-order valence-electron chi connectivity index (χ0n) is 16.4. The van der Waals surface area contributed by atoms with E-state index >= 15 is 0 Å². The summed E-state index contributed by atoms with van der Waals surface area (Å²) in [4.78, 5) is 7.26. The smallest absolute Gasteiger partial charge is 0.162 e. The molecule has 5 nitrogen and oxygen atoms in total. The van der Waals surface area contributed by atoms with Crippen molar-refractivity contribution in [3.63, 3.8) is 0 Å². The van der Waals surface area contributed by atoms with Gasteiger partial charge >= 0.3 is 0 Å². The molecule has 1 atom stereocenters. The zero-order chi connectivity index (χ0) is 18.9. The molecule has 2 aromatic heterocycles. The molecule has 3 aromatic rings. The molecule has 0 bridgehead atoms. The van der Waals surface area contributed by atoms with E-state index in [1.807, 2.05) is 35.1 Å². The van der Waals surface area contributed by atoms with Crippen LogP contribution in [0.15, 0.2) is 48.9 Å². The molecule has 1 aliphatic rings. The summed E-state index contributed by atoms with van der Waals surface area (Å²) in [6.07, 6.45) is 8.17. The van der Waals surface area contributed by atoms with E-state index in [0.29, 0.717) is 6.04 Å². The third-order valence-electron chi connectivity index (χ3n) is 5.47. The van der Waals surface area contributed by atoms with Crippen molar-refractivity contribution in [2.24, 2.45) is 0 Å². The zero-order valence-corrected chi connectivity index (χ0v) is 16.4. The molecule has 1 aromatic carbocycles. The summed E-state index contributed by atoms with van der Waals surface area (Å²) in [6.45, 7) is 9.36. The van der Waals surface area contributed by atoms with Crippen LogP contribution in [0.5, 0.6) is 0 Å². The molecule has 5 heteroatoms. The number of hydrogen-bond donors (Lipinski definition) is 0. The lowest BCUT2D eigenvalue weighted by atomic mass is 9.92. The molecule has 1 fully saturated rings. The third-order valence-corrected chi connectivity index (χ3v) is 5.47. The number of ether oxygens (including phenoxy) is 1. The first kappa shape index (κ1) is 18.1. The van der Waals surface area contributed by atoms with Gasteiger partial charge in [0, 0.05) is 42.7 Å². The van der Waals surface area contributed by atoms with Crippen LogP contribution in [0.2, 0.25) is 0 Å². The van der Waals surface area contributed by atoms with Crippen LogP contribution >= 0.6 is 0 Å². The van der Waals surface area contributed by atoms with Crippen molar-refractivity contribution >= 4 is 5.65 Å². The van der Waals surface area contributed by atoms with Crippen molar-refractivity contribution in [2.75, 3.05) is 13.2 Å². The molecular weight excluding hydrogens is 336 g/mol. The minimum Gasteiger partial charge on any atom is -0.375 e. The van der Waals surface area contributed by atoms with Gasteiger partial charge in [0.15, 0.2) is 5.65 Å². The number of aromatic nitrogens is 3. The Hall–Kier alpha value is -2.24. The standard InChI is InChI=1S/C22H28N4O/c1-4-25(19-10-11-27-22(2,3)12-19)15-17-13-23-21-20(14-24-26(21)16-17)18-8-6-5-7-9-18/h5-9,13-14,16,19H,4,10-12,15H2,1-3H3/t19-/m1/s1. The summed E-state index contributed by atoms with van der Waals surface area (Å²) in [7, 11) is 0. The molecule has 0 aliphatic carbocycles. The van der Waals surface area contributed by atoms with Gasteiger partial charge in [0.2, 0.25) is 0 Å². The Morgan fingerprint density at radius 2 is 2.04 bits per heavy atom. The predicted octanol–water partition coefficient (Wildman–Crippen LogP) is 4.18. The lowest BCUT2D eigenvalue weighted by molar-refractivity contribution is -0.0838. The maximum absolute atomic E-state index is 5.89. The first-order valence-corrected chi connectivity index (χ1v) is 9.81. The Morgan fingerprint density at radius 3 is 2.78 bits per heavy atom. The molecular formula is C22H28N4O. The van der Waals surface area contributed by atoms with Gasteiger partial charge in [-0.15, -0.1) is 0 Å². The number of rotatable bonds is 5. The molecule has 0 radical (unpaired) electrons. The molecule has 0 spiro atoms. The Bertz CT molecular complexity index is 903. The highest BCUT2D eigenvalue weighted by Gasteiger charge is 2.31. The molecule has 4 rings (SSSR count). The second kappa shape index (κ2) is 7.41. The van der Waals surface area contributed by atoms with Crippen LogP contribution in [0.3, 0.4) is 0 Å². The minimum absolute atomic E-state index is 0.0366. The minimum atomic E-state index is -0.0366. The van der Waals surface area contributed by atoms with Crippen LogP contribution in [0.4, 0.5) is 0 Å². The highest BCUT2D eigenvalue weighted by molar-refractivity contribution is 5.76. The Kier molecular flexibility index (Phi) is 4.98. The summed E-state index contributed by atoms with van der Waals surface area (Å²) >= 11 is 0. The van der Waals surface area contributed by atoms with E-state index in [2.05, 4.69) is 49.1 Å². The molecule has 0 saturated carbocycles. The van der Waals surface area contributed by atoms with Gasteiger partial charge in [-0.1, -0.05) is 37.3 Å². The first-order valence-electron chi connectivity index (χ1n) is 9.81. The average Bonchev–Trinajstić information content (AvgIpc) is 3.09. The topological polar surface area (TPSA) is 42.7 Å². The van der Waals surface area contributed by atoms with Crippen molar-refractivity contribution in [2.45, 2.75) is 51.8 Å². The summed E-state index contributed by atoms with van der Waals surface area (Å²) in [5.41, 5.74) is 4.27. The maximum Gasteiger partial charge on any atom is 0.162 e. The molecule has 0 N–H and O–H groups in total. The van der Waals surface area contributed by atoms with E-state index < -0.39 is 0 Å². The van der Waals surface area contributed by atoms with Crippen molar-refractivity contribution < 1.29 is 4.74 Å². The number of hydrogen-bond acceptors (Lipinski definition) is 4. The van der Waals surface area contributed by atoms with Crippen molar-refractivity contribution in [1.29, 1.82) is 0 Å². The van der Waals surface area contributed by atoms with Gasteiger partial charge in [0.05, 0.1) is 11.8 Å². The van der Waals surface area contributed by atoms with Gasteiger partial charge < -0.3 is 4.74 Å². The number of fused-ring (bicyclic) bond motifs is 1. The normalized spacial score (nSPS) is 19.6. The van der Waals surface area contributed by atoms with Crippen LogP contribution in [-0.2, 0) is 11.3 Å². The van der Waals surface area contributed by atoms with E-state index in [4.69, 9.17) is 9.72 Å². The highest BCUT2D eigenvalue weighted by Crippen LogP contribution is 2.28. The van der Waals surface area contributed by atoms with Crippen LogP contribution in [0, 0.1) is 0 Å². The van der Waals surface area contributed by atoms with Gasteiger partial charge in [-0.2, -0.15) is 5.10 Å². The summed E-state index contributed by atoms with van der Waals surface area (Å²) < 4.78 is 7.79. The second-order valence-electron chi connectivity index (χ2n) is 7.97. The SMILES string of the molecule is CCN(Cc1cnc2c(-c3ccccc3)cnn2c1)[C@@H]1CCOC(C)(C)C1. The average molecular weight is 364 g/mol. The quantitative estimate of drug-likeness (QED) is 0.681. The largest absolute Gasteiger partial charge is 0.375 e. The molecule has 1 aliphatic heterocycles. The molecule has 3 heterocycles. The van der Waals surface area contributed by atoms with Gasteiger partial charge in [0.25, 0.3) is 0 Å². The lowest BCUT2D eigenvalue weighted by Crippen LogP contribution is -2.45. The highest BCUT2D eigenvalue weighted by atomic mass is 16.5.